The van der Waals surface area contributed by atoms with Crippen LogP contribution in [0.3, 0.4) is 0 Å². The van der Waals surface area contributed by atoms with Crippen LogP contribution in [0.5, 0.6) is 0 Å². The average Bonchev–Trinajstić information content (AvgIpc) is 2.13. The van der Waals surface area contributed by atoms with Crippen LogP contribution >= 0.6 is 0 Å². The Balaban J connectivity index is 3.77. The van der Waals surface area contributed by atoms with Crippen molar-refractivity contribution in [3.63, 3.8) is 0 Å². The van der Waals surface area contributed by atoms with Gasteiger partial charge in [-0.3, -0.25) is 9.59 Å². The SMILES string of the molecule is CNCC(=O)NCC(C)C(=O)NC(C)C. The van der Waals surface area contributed by atoms with Crippen molar-refractivity contribution in [3.8, 4) is 0 Å². The van der Waals surface area contributed by atoms with Gasteiger partial charge in [-0.25, -0.2) is 0 Å². The molecule has 88 valence electrons. The molecule has 3 N–H and O–H groups in total. The third-order valence-electron chi connectivity index (χ3n) is 1.82. The summed E-state index contributed by atoms with van der Waals surface area (Å²) in [5, 5.41) is 8.21. The van der Waals surface area contributed by atoms with Crippen molar-refractivity contribution in [1.29, 1.82) is 0 Å². The zero-order valence-corrected chi connectivity index (χ0v) is 9.89. The van der Waals surface area contributed by atoms with Crippen molar-refractivity contribution < 1.29 is 9.59 Å². The molecule has 2 amide bonds. The highest BCUT2D eigenvalue weighted by atomic mass is 16.2. The molecule has 0 heterocycles. The molecular weight excluding hydrogens is 194 g/mol. The Hall–Kier alpha value is -1.10. The van der Waals surface area contributed by atoms with Crippen LogP contribution in [0.4, 0.5) is 0 Å². The zero-order chi connectivity index (χ0) is 11.8. The molecule has 15 heavy (non-hydrogen) atoms. The summed E-state index contributed by atoms with van der Waals surface area (Å²) in [5.41, 5.74) is 0. The smallest absolute Gasteiger partial charge is 0.233 e. The van der Waals surface area contributed by atoms with Crippen LogP contribution in [-0.4, -0.2) is 38.0 Å². The Kier molecular flexibility index (Phi) is 6.70. The molecule has 0 aliphatic heterocycles. The lowest BCUT2D eigenvalue weighted by Crippen LogP contribution is -2.41. The van der Waals surface area contributed by atoms with Crippen LogP contribution < -0.4 is 16.0 Å². The van der Waals surface area contributed by atoms with E-state index in [-0.39, 0.29) is 30.3 Å². The first kappa shape index (κ1) is 13.9. The van der Waals surface area contributed by atoms with E-state index in [1.54, 1.807) is 14.0 Å². The van der Waals surface area contributed by atoms with Crippen molar-refractivity contribution in [3.05, 3.63) is 0 Å². The highest BCUT2D eigenvalue weighted by Crippen LogP contribution is 1.93. The highest BCUT2D eigenvalue weighted by molar-refractivity contribution is 5.81. The lowest BCUT2D eigenvalue weighted by molar-refractivity contribution is -0.125. The molecule has 0 aliphatic rings. The first-order valence-corrected chi connectivity index (χ1v) is 5.19. The third kappa shape index (κ3) is 6.90. The maximum atomic E-state index is 11.4. The molecular formula is C10H21N3O2. The van der Waals surface area contributed by atoms with E-state index < -0.39 is 0 Å². The first-order chi connectivity index (χ1) is 6.97. The summed E-state index contributed by atoms with van der Waals surface area (Å²) in [5.74, 6) is -0.329. The monoisotopic (exact) mass is 215 g/mol. The Morgan fingerprint density at radius 3 is 2.27 bits per heavy atom. The van der Waals surface area contributed by atoms with Gasteiger partial charge in [0.1, 0.15) is 0 Å². The van der Waals surface area contributed by atoms with Gasteiger partial charge in [-0.15, -0.1) is 0 Å². The number of likely N-dealkylation sites (N-methyl/N-ethyl adjacent to an activating group) is 1. The summed E-state index contributed by atoms with van der Waals surface area (Å²) >= 11 is 0. The topological polar surface area (TPSA) is 70.2 Å². The molecule has 0 saturated heterocycles. The minimum atomic E-state index is -0.201. The van der Waals surface area contributed by atoms with Crippen molar-refractivity contribution >= 4 is 11.8 Å². The van der Waals surface area contributed by atoms with Gasteiger partial charge < -0.3 is 16.0 Å². The van der Waals surface area contributed by atoms with Crippen LogP contribution in [0, 0.1) is 5.92 Å². The van der Waals surface area contributed by atoms with Gasteiger partial charge in [0.25, 0.3) is 0 Å². The van der Waals surface area contributed by atoms with Crippen molar-refractivity contribution in [2.45, 2.75) is 26.8 Å². The molecule has 0 aromatic rings. The average molecular weight is 215 g/mol. The van der Waals surface area contributed by atoms with E-state index >= 15 is 0 Å². The van der Waals surface area contributed by atoms with E-state index in [1.807, 2.05) is 13.8 Å². The molecule has 5 nitrogen and oxygen atoms in total. The molecule has 0 bridgehead atoms. The third-order valence-corrected chi connectivity index (χ3v) is 1.82. The maximum absolute atomic E-state index is 11.4. The molecule has 0 radical (unpaired) electrons. The van der Waals surface area contributed by atoms with Crippen molar-refractivity contribution in [2.24, 2.45) is 5.92 Å². The highest BCUT2D eigenvalue weighted by Gasteiger charge is 2.14. The summed E-state index contributed by atoms with van der Waals surface area (Å²) in [6.07, 6.45) is 0. The minimum absolute atomic E-state index is 0.0326. The second kappa shape index (κ2) is 7.23. The fourth-order valence-electron chi connectivity index (χ4n) is 1.01. The molecule has 0 fully saturated rings. The molecule has 0 spiro atoms. The Morgan fingerprint density at radius 2 is 1.80 bits per heavy atom. The fraction of sp³-hybridized carbons (Fsp3) is 0.800. The largest absolute Gasteiger partial charge is 0.354 e. The van der Waals surface area contributed by atoms with E-state index in [1.165, 1.54) is 0 Å². The van der Waals surface area contributed by atoms with Crippen molar-refractivity contribution in [2.75, 3.05) is 20.1 Å². The van der Waals surface area contributed by atoms with Gasteiger partial charge in [0.15, 0.2) is 0 Å². The summed E-state index contributed by atoms with van der Waals surface area (Å²) < 4.78 is 0. The molecule has 0 aromatic carbocycles. The van der Waals surface area contributed by atoms with E-state index in [4.69, 9.17) is 0 Å². The van der Waals surface area contributed by atoms with Crippen LogP contribution in [0.15, 0.2) is 0 Å². The van der Waals surface area contributed by atoms with E-state index in [0.717, 1.165) is 0 Å². The molecule has 0 aromatic heterocycles. The van der Waals surface area contributed by atoms with Gasteiger partial charge in [0, 0.05) is 12.6 Å². The second-order valence-corrected chi connectivity index (χ2v) is 3.90. The zero-order valence-electron chi connectivity index (χ0n) is 9.89. The van der Waals surface area contributed by atoms with Gasteiger partial charge in [0.2, 0.25) is 11.8 Å². The minimum Gasteiger partial charge on any atom is -0.354 e. The molecule has 1 atom stereocenters. The van der Waals surface area contributed by atoms with E-state index in [0.29, 0.717) is 6.54 Å². The van der Waals surface area contributed by atoms with Crippen molar-refractivity contribution in [1.82, 2.24) is 16.0 Å². The van der Waals surface area contributed by atoms with Gasteiger partial charge >= 0.3 is 0 Å². The Morgan fingerprint density at radius 1 is 1.20 bits per heavy atom. The van der Waals surface area contributed by atoms with Crippen LogP contribution in [0.2, 0.25) is 0 Å². The van der Waals surface area contributed by atoms with Gasteiger partial charge in [0.05, 0.1) is 12.5 Å². The summed E-state index contributed by atoms with van der Waals surface area (Å²) in [7, 11) is 1.70. The predicted octanol–water partition coefficient (Wildman–Crippen LogP) is -0.517. The molecule has 5 heteroatoms. The standard InChI is InChI=1S/C10H21N3O2/c1-7(2)13-10(15)8(3)5-12-9(14)6-11-4/h7-8,11H,5-6H2,1-4H3,(H,12,14)(H,13,15). The number of nitrogens with one attached hydrogen (secondary N) is 3. The number of carbonyl (C=O) groups is 2. The van der Waals surface area contributed by atoms with Crippen LogP contribution in [0.25, 0.3) is 0 Å². The fourth-order valence-corrected chi connectivity index (χ4v) is 1.01. The molecule has 1 unspecified atom stereocenters. The lowest BCUT2D eigenvalue weighted by Gasteiger charge is -2.15. The second-order valence-electron chi connectivity index (χ2n) is 3.90. The summed E-state index contributed by atoms with van der Waals surface area (Å²) in [6.45, 7) is 6.25. The predicted molar refractivity (Wildman–Crippen MR) is 59.4 cm³/mol. The van der Waals surface area contributed by atoms with Gasteiger partial charge in [-0.2, -0.15) is 0 Å². The summed E-state index contributed by atoms with van der Waals surface area (Å²) in [4.78, 5) is 22.5. The van der Waals surface area contributed by atoms with Gasteiger partial charge in [-0.1, -0.05) is 6.92 Å². The molecule has 0 aliphatic carbocycles. The summed E-state index contributed by atoms with van der Waals surface area (Å²) in [6, 6.07) is 0.132. The Bertz CT molecular complexity index is 217. The molecule has 0 rings (SSSR count). The normalized spacial score (nSPS) is 12.3. The number of hydrogen-bond acceptors (Lipinski definition) is 3. The number of hydrogen-bond donors (Lipinski definition) is 3. The lowest BCUT2D eigenvalue weighted by atomic mass is 10.1. The maximum Gasteiger partial charge on any atom is 0.233 e. The van der Waals surface area contributed by atoms with E-state index in [2.05, 4.69) is 16.0 Å². The number of rotatable bonds is 6. The van der Waals surface area contributed by atoms with Crippen LogP contribution in [0.1, 0.15) is 20.8 Å². The number of carbonyl (C=O) groups excluding carboxylic acids is 2. The first-order valence-electron chi connectivity index (χ1n) is 5.19. The van der Waals surface area contributed by atoms with Crippen LogP contribution in [-0.2, 0) is 9.59 Å². The quantitative estimate of drug-likeness (QED) is 0.558. The van der Waals surface area contributed by atoms with E-state index in [9.17, 15) is 9.59 Å². The Labute approximate surface area is 91.0 Å². The van der Waals surface area contributed by atoms with Gasteiger partial charge in [-0.05, 0) is 20.9 Å². The number of amides is 2. The molecule has 0 saturated carbocycles.